The third-order valence-electron chi connectivity index (χ3n) is 4.32. The molecule has 0 aliphatic carbocycles. The maximum Gasteiger partial charge on any atom is 0.257 e. The third-order valence-corrected chi connectivity index (χ3v) is 4.32. The standard InChI is InChI=1S/C22H23N3O3/c1-4-25(18-8-6-5-7-9-18)19-12-16(14-23-15-19)22(26)24-17-10-11-20(27-2)21(13-17)28-3/h5-15H,4H2,1-3H3,(H,24,26). The second kappa shape index (κ2) is 8.90. The van der Waals surface area contributed by atoms with E-state index in [9.17, 15) is 4.79 Å². The summed E-state index contributed by atoms with van der Waals surface area (Å²) in [5.74, 6) is 0.907. The van der Waals surface area contributed by atoms with Crippen LogP contribution in [0.25, 0.3) is 0 Å². The van der Waals surface area contributed by atoms with E-state index in [0.29, 0.717) is 22.7 Å². The molecule has 1 amide bonds. The molecule has 3 rings (SSSR count). The molecule has 0 spiro atoms. The number of anilines is 3. The molecule has 0 fully saturated rings. The first-order valence-electron chi connectivity index (χ1n) is 8.97. The number of methoxy groups -OCH3 is 2. The van der Waals surface area contributed by atoms with Crippen LogP contribution in [0.2, 0.25) is 0 Å². The lowest BCUT2D eigenvalue weighted by atomic mass is 10.2. The first kappa shape index (κ1) is 19.2. The van der Waals surface area contributed by atoms with Crippen LogP contribution in [0.5, 0.6) is 11.5 Å². The zero-order valence-corrected chi connectivity index (χ0v) is 16.2. The normalized spacial score (nSPS) is 10.2. The Labute approximate surface area is 164 Å². The van der Waals surface area contributed by atoms with Crippen LogP contribution in [0.3, 0.4) is 0 Å². The molecule has 0 aliphatic heterocycles. The minimum atomic E-state index is -0.245. The van der Waals surface area contributed by atoms with Gasteiger partial charge in [-0.15, -0.1) is 0 Å². The van der Waals surface area contributed by atoms with Gasteiger partial charge in [-0.05, 0) is 37.3 Å². The number of hydrogen-bond donors (Lipinski definition) is 1. The van der Waals surface area contributed by atoms with Gasteiger partial charge in [-0.2, -0.15) is 0 Å². The summed E-state index contributed by atoms with van der Waals surface area (Å²) >= 11 is 0. The summed E-state index contributed by atoms with van der Waals surface area (Å²) in [7, 11) is 3.12. The van der Waals surface area contributed by atoms with E-state index in [1.54, 1.807) is 44.8 Å². The van der Waals surface area contributed by atoms with Crippen molar-refractivity contribution in [3.8, 4) is 11.5 Å². The molecular weight excluding hydrogens is 354 g/mol. The van der Waals surface area contributed by atoms with Crippen LogP contribution in [0.1, 0.15) is 17.3 Å². The fraction of sp³-hybridized carbons (Fsp3) is 0.182. The van der Waals surface area contributed by atoms with Crippen LogP contribution in [0.15, 0.2) is 67.0 Å². The molecule has 0 saturated heterocycles. The Hall–Kier alpha value is -3.54. The summed E-state index contributed by atoms with van der Waals surface area (Å²) in [4.78, 5) is 19.1. The topological polar surface area (TPSA) is 63.7 Å². The van der Waals surface area contributed by atoms with Gasteiger partial charge in [0, 0.05) is 30.2 Å². The van der Waals surface area contributed by atoms with E-state index in [1.807, 2.05) is 36.4 Å². The van der Waals surface area contributed by atoms with E-state index >= 15 is 0 Å². The maximum absolute atomic E-state index is 12.7. The van der Waals surface area contributed by atoms with Gasteiger partial charge < -0.3 is 19.7 Å². The number of amides is 1. The first-order chi connectivity index (χ1) is 13.7. The summed E-state index contributed by atoms with van der Waals surface area (Å²) in [6.07, 6.45) is 3.31. The van der Waals surface area contributed by atoms with E-state index < -0.39 is 0 Å². The number of nitrogens with one attached hydrogen (secondary N) is 1. The Bertz CT molecular complexity index is 945. The maximum atomic E-state index is 12.7. The summed E-state index contributed by atoms with van der Waals surface area (Å²) in [5, 5.41) is 2.88. The zero-order valence-electron chi connectivity index (χ0n) is 16.2. The van der Waals surface area contributed by atoms with E-state index in [4.69, 9.17) is 9.47 Å². The van der Waals surface area contributed by atoms with Gasteiger partial charge in [0.25, 0.3) is 5.91 Å². The molecule has 144 valence electrons. The van der Waals surface area contributed by atoms with Gasteiger partial charge in [-0.25, -0.2) is 0 Å². The minimum Gasteiger partial charge on any atom is -0.493 e. The smallest absolute Gasteiger partial charge is 0.257 e. The highest BCUT2D eigenvalue weighted by Crippen LogP contribution is 2.30. The Balaban J connectivity index is 1.82. The molecule has 6 nitrogen and oxygen atoms in total. The van der Waals surface area contributed by atoms with Gasteiger partial charge in [-0.1, -0.05) is 18.2 Å². The molecule has 1 heterocycles. The van der Waals surface area contributed by atoms with Crippen molar-refractivity contribution in [3.05, 3.63) is 72.6 Å². The number of pyridine rings is 1. The van der Waals surface area contributed by atoms with Crippen molar-refractivity contribution in [2.24, 2.45) is 0 Å². The lowest BCUT2D eigenvalue weighted by Crippen LogP contribution is -2.18. The van der Waals surface area contributed by atoms with Crippen molar-refractivity contribution in [3.63, 3.8) is 0 Å². The second-order valence-electron chi connectivity index (χ2n) is 6.04. The van der Waals surface area contributed by atoms with Crippen LogP contribution in [0, 0.1) is 0 Å². The molecule has 0 unspecified atom stereocenters. The van der Waals surface area contributed by atoms with Gasteiger partial charge >= 0.3 is 0 Å². The summed E-state index contributed by atoms with van der Waals surface area (Å²) < 4.78 is 10.5. The SMILES string of the molecule is CCN(c1ccccc1)c1cncc(C(=O)Nc2ccc(OC)c(OC)c2)c1. The number of rotatable bonds is 7. The van der Waals surface area contributed by atoms with Crippen LogP contribution in [-0.4, -0.2) is 31.7 Å². The molecule has 0 aliphatic rings. The number of carbonyl (C=O) groups excluding carboxylic acids is 1. The number of aromatic nitrogens is 1. The number of para-hydroxylation sites is 1. The largest absolute Gasteiger partial charge is 0.493 e. The molecular formula is C22H23N3O3. The van der Waals surface area contributed by atoms with Crippen molar-refractivity contribution in [2.45, 2.75) is 6.92 Å². The van der Waals surface area contributed by atoms with Crippen molar-refractivity contribution in [2.75, 3.05) is 31.0 Å². The van der Waals surface area contributed by atoms with Crippen molar-refractivity contribution < 1.29 is 14.3 Å². The molecule has 0 radical (unpaired) electrons. The van der Waals surface area contributed by atoms with Gasteiger partial charge in [-0.3, -0.25) is 9.78 Å². The number of hydrogen-bond acceptors (Lipinski definition) is 5. The predicted octanol–water partition coefficient (Wildman–Crippen LogP) is 4.51. The minimum absolute atomic E-state index is 0.245. The molecule has 28 heavy (non-hydrogen) atoms. The Morgan fingerprint density at radius 2 is 1.71 bits per heavy atom. The molecule has 0 atom stereocenters. The van der Waals surface area contributed by atoms with E-state index in [1.165, 1.54) is 0 Å². The zero-order chi connectivity index (χ0) is 19.9. The summed E-state index contributed by atoms with van der Waals surface area (Å²) in [5.41, 5.74) is 2.99. The molecule has 6 heteroatoms. The monoisotopic (exact) mass is 377 g/mol. The third kappa shape index (κ3) is 4.23. The van der Waals surface area contributed by atoms with Crippen molar-refractivity contribution >= 4 is 23.0 Å². The van der Waals surface area contributed by atoms with E-state index in [0.717, 1.165) is 17.9 Å². The average Bonchev–Trinajstić information content (AvgIpc) is 2.75. The average molecular weight is 377 g/mol. The first-order valence-corrected chi connectivity index (χ1v) is 8.97. The highest BCUT2D eigenvalue weighted by molar-refractivity contribution is 6.04. The van der Waals surface area contributed by atoms with Crippen LogP contribution < -0.4 is 19.7 Å². The van der Waals surface area contributed by atoms with E-state index in [2.05, 4.69) is 22.1 Å². The van der Waals surface area contributed by atoms with Gasteiger partial charge in [0.1, 0.15) is 0 Å². The number of ether oxygens (including phenoxy) is 2. The molecule has 1 aromatic heterocycles. The van der Waals surface area contributed by atoms with Crippen LogP contribution in [-0.2, 0) is 0 Å². The lowest BCUT2D eigenvalue weighted by molar-refractivity contribution is 0.102. The Kier molecular flexibility index (Phi) is 6.11. The molecule has 2 aromatic carbocycles. The molecule has 0 bridgehead atoms. The van der Waals surface area contributed by atoms with Gasteiger partial charge in [0.05, 0.1) is 31.7 Å². The van der Waals surface area contributed by atoms with Crippen molar-refractivity contribution in [1.82, 2.24) is 4.98 Å². The Morgan fingerprint density at radius 1 is 0.964 bits per heavy atom. The molecule has 0 saturated carbocycles. The van der Waals surface area contributed by atoms with Gasteiger partial charge in [0.15, 0.2) is 11.5 Å². The Morgan fingerprint density at radius 3 is 2.39 bits per heavy atom. The second-order valence-corrected chi connectivity index (χ2v) is 6.04. The van der Waals surface area contributed by atoms with Gasteiger partial charge in [0.2, 0.25) is 0 Å². The quantitative estimate of drug-likeness (QED) is 0.656. The molecule has 1 N–H and O–H groups in total. The summed E-state index contributed by atoms with van der Waals surface area (Å²) in [6.45, 7) is 2.82. The van der Waals surface area contributed by atoms with Crippen LogP contribution in [0.4, 0.5) is 17.1 Å². The predicted molar refractivity (Wildman–Crippen MR) is 111 cm³/mol. The number of benzene rings is 2. The molecule has 3 aromatic rings. The fourth-order valence-corrected chi connectivity index (χ4v) is 2.94. The highest BCUT2D eigenvalue weighted by Gasteiger charge is 2.13. The highest BCUT2D eigenvalue weighted by atomic mass is 16.5. The van der Waals surface area contributed by atoms with Crippen LogP contribution >= 0.6 is 0 Å². The van der Waals surface area contributed by atoms with E-state index in [-0.39, 0.29) is 5.91 Å². The number of carbonyl (C=O) groups is 1. The number of nitrogens with zero attached hydrogens (tertiary/aromatic N) is 2. The fourth-order valence-electron chi connectivity index (χ4n) is 2.94. The summed E-state index contributed by atoms with van der Waals surface area (Å²) in [6, 6.07) is 17.1. The lowest BCUT2D eigenvalue weighted by Gasteiger charge is -2.23. The van der Waals surface area contributed by atoms with Crippen molar-refractivity contribution in [1.29, 1.82) is 0 Å².